The third-order valence-corrected chi connectivity index (χ3v) is 7.72. The van der Waals surface area contributed by atoms with Crippen molar-refractivity contribution in [2.45, 2.75) is 174 Å². The molecule has 0 aliphatic rings. The number of rotatable bonds is 32. The highest BCUT2D eigenvalue weighted by Crippen LogP contribution is 2.15. The van der Waals surface area contributed by atoms with Crippen LogP contribution >= 0.6 is 0 Å². The molecule has 0 aliphatic heterocycles. The lowest BCUT2D eigenvalue weighted by molar-refractivity contribution is -0.147. The van der Waals surface area contributed by atoms with Crippen molar-refractivity contribution in [3.8, 4) is 0 Å². The molecule has 0 saturated carbocycles. The summed E-state index contributed by atoms with van der Waals surface area (Å²) in [7, 11) is 0. The highest BCUT2D eigenvalue weighted by molar-refractivity contribution is 5.80. The maximum atomic E-state index is 12.6. The number of allylic oxidation sites excluding steroid dienone is 7. The second-order valence-electron chi connectivity index (χ2n) is 12.1. The molecule has 2 N–H and O–H groups in total. The van der Waals surface area contributed by atoms with E-state index in [-0.39, 0.29) is 24.5 Å². The summed E-state index contributed by atoms with van der Waals surface area (Å²) in [4.78, 5) is 34.8. The Hall–Kier alpha value is -2.63. The third-order valence-electron chi connectivity index (χ3n) is 7.72. The molecule has 1 amide bonds. The van der Waals surface area contributed by atoms with Crippen molar-refractivity contribution in [3.63, 3.8) is 0 Å². The molecule has 6 heteroatoms. The highest BCUT2D eigenvalue weighted by atomic mass is 16.5. The monoisotopic (exact) mass is 630 g/mol. The van der Waals surface area contributed by atoms with Crippen molar-refractivity contribution in [1.82, 2.24) is 5.32 Å². The molecule has 6 nitrogen and oxygen atoms in total. The Bertz CT molecular complexity index is 829. The van der Waals surface area contributed by atoms with Gasteiger partial charge < -0.3 is 15.2 Å². The van der Waals surface area contributed by atoms with E-state index in [2.05, 4.69) is 67.8 Å². The normalized spacial score (nSPS) is 12.6. The average molecular weight is 630 g/mol. The van der Waals surface area contributed by atoms with Crippen molar-refractivity contribution < 1.29 is 24.2 Å². The summed E-state index contributed by atoms with van der Waals surface area (Å²) in [5.74, 6) is -1.35. The standard InChI is InChI=1S/C39H67NO5/c1-3-5-7-9-11-13-14-15-16-17-18-20-22-24-30-34-39(44)45-36(31-27-23-21-19-12-10-8-6-4-2)32-28-25-26-29-33-37(41)40-35-38(42)43/h5,7,11,13,15-16,27,31,36H,3-4,6,8-10,12,14,17-26,28-30,32-35H2,1-2H3,(H,40,41)(H,42,43)/b7-5-,13-11-,16-15-,31-27-. The molecule has 0 saturated heterocycles. The van der Waals surface area contributed by atoms with E-state index in [0.29, 0.717) is 12.8 Å². The first kappa shape index (κ1) is 42.4. The van der Waals surface area contributed by atoms with Crippen LogP contribution in [0.25, 0.3) is 0 Å². The Labute approximate surface area is 276 Å². The number of esters is 1. The fourth-order valence-electron chi connectivity index (χ4n) is 5.03. The lowest BCUT2D eigenvalue weighted by Gasteiger charge is -2.15. The fraction of sp³-hybridized carbons (Fsp3) is 0.718. The zero-order valence-electron chi connectivity index (χ0n) is 29.0. The summed E-state index contributed by atoms with van der Waals surface area (Å²) < 4.78 is 5.88. The predicted octanol–water partition coefficient (Wildman–Crippen LogP) is 10.7. The second kappa shape index (κ2) is 34.2. The van der Waals surface area contributed by atoms with Crippen LogP contribution in [0.2, 0.25) is 0 Å². The average Bonchev–Trinajstić information content (AvgIpc) is 3.02. The van der Waals surface area contributed by atoms with E-state index >= 15 is 0 Å². The van der Waals surface area contributed by atoms with Gasteiger partial charge in [-0.15, -0.1) is 0 Å². The van der Waals surface area contributed by atoms with Crippen LogP contribution in [0.1, 0.15) is 168 Å². The van der Waals surface area contributed by atoms with Gasteiger partial charge in [0.25, 0.3) is 0 Å². The molecule has 258 valence electrons. The Morgan fingerprint density at radius 3 is 1.80 bits per heavy atom. The van der Waals surface area contributed by atoms with E-state index in [1.54, 1.807) is 0 Å². The van der Waals surface area contributed by atoms with E-state index in [1.165, 1.54) is 57.8 Å². The van der Waals surface area contributed by atoms with Crippen LogP contribution in [0.4, 0.5) is 0 Å². The van der Waals surface area contributed by atoms with E-state index in [1.807, 2.05) is 0 Å². The minimum atomic E-state index is -1.03. The van der Waals surface area contributed by atoms with Crippen molar-refractivity contribution in [2.24, 2.45) is 0 Å². The molecule has 0 aromatic heterocycles. The lowest BCUT2D eigenvalue weighted by atomic mass is 10.1. The zero-order chi connectivity index (χ0) is 33.1. The van der Waals surface area contributed by atoms with Gasteiger partial charge in [0.2, 0.25) is 5.91 Å². The number of carbonyl (C=O) groups excluding carboxylic acids is 2. The van der Waals surface area contributed by atoms with E-state index in [0.717, 1.165) is 83.5 Å². The number of hydrogen-bond donors (Lipinski definition) is 2. The molecular formula is C39H67NO5. The number of hydrogen-bond acceptors (Lipinski definition) is 4. The molecule has 0 aliphatic carbocycles. The van der Waals surface area contributed by atoms with Gasteiger partial charge in [0.05, 0.1) is 0 Å². The van der Waals surface area contributed by atoms with E-state index in [4.69, 9.17) is 9.84 Å². The van der Waals surface area contributed by atoms with Crippen LogP contribution in [-0.2, 0) is 19.1 Å². The lowest BCUT2D eigenvalue weighted by Crippen LogP contribution is -2.28. The minimum absolute atomic E-state index is 0.100. The molecule has 0 bridgehead atoms. The summed E-state index contributed by atoms with van der Waals surface area (Å²) in [6, 6.07) is 0. The van der Waals surface area contributed by atoms with Gasteiger partial charge in [-0.05, 0) is 76.7 Å². The van der Waals surface area contributed by atoms with Crippen molar-refractivity contribution >= 4 is 17.8 Å². The molecule has 0 radical (unpaired) electrons. The van der Waals surface area contributed by atoms with Crippen LogP contribution in [0.3, 0.4) is 0 Å². The van der Waals surface area contributed by atoms with Gasteiger partial charge in [-0.25, -0.2) is 0 Å². The molecule has 0 aromatic carbocycles. The molecule has 1 atom stereocenters. The molecule has 0 aromatic rings. The number of amides is 1. The first-order chi connectivity index (χ1) is 22.0. The van der Waals surface area contributed by atoms with Gasteiger partial charge in [-0.3, -0.25) is 14.4 Å². The SMILES string of the molecule is CC/C=C\C/C=C\C/C=C\CCCCCCCC(=O)OC(/C=C\CCCCCCCCC)CCCCCCC(=O)NCC(=O)O. The summed E-state index contributed by atoms with van der Waals surface area (Å²) in [5.41, 5.74) is 0. The van der Waals surface area contributed by atoms with Crippen molar-refractivity contribution in [1.29, 1.82) is 0 Å². The van der Waals surface area contributed by atoms with Gasteiger partial charge in [0.15, 0.2) is 0 Å². The molecular weight excluding hydrogens is 562 g/mol. The van der Waals surface area contributed by atoms with Crippen LogP contribution < -0.4 is 5.32 Å². The summed E-state index contributed by atoms with van der Waals surface area (Å²) >= 11 is 0. The molecule has 0 spiro atoms. The quantitative estimate of drug-likeness (QED) is 0.0439. The first-order valence-corrected chi connectivity index (χ1v) is 18.3. The van der Waals surface area contributed by atoms with Crippen molar-refractivity contribution in [3.05, 3.63) is 48.6 Å². The van der Waals surface area contributed by atoms with Crippen LogP contribution in [0.5, 0.6) is 0 Å². The van der Waals surface area contributed by atoms with Gasteiger partial charge >= 0.3 is 11.9 Å². The number of unbranched alkanes of at least 4 members (excludes halogenated alkanes) is 15. The Morgan fingerprint density at radius 1 is 0.622 bits per heavy atom. The second-order valence-corrected chi connectivity index (χ2v) is 12.1. The summed E-state index contributed by atoms with van der Waals surface area (Å²) in [6.07, 6.45) is 42.4. The Kier molecular flexibility index (Phi) is 32.2. The Balaban J connectivity index is 4.23. The molecule has 1 unspecified atom stereocenters. The highest BCUT2D eigenvalue weighted by Gasteiger charge is 2.12. The van der Waals surface area contributed by atoms with E-state index < -0.39 is 5.97 Å². The smallest absolute Gasteiger partial charge is 0.322 e. The first-order valence-electron chi connectivity index (χ1n) is 18.3. The summed E-state index contributed by atoms with van der Waals surface area (Å²) in [5, 5.41) is 11.0. The van der Waals surface area contributed by atoms with Gasteiger partial charge in [0.1, 0.15) is 12.6 Å². The predicted molar refractivity (Wildman–Crippen MR) is 189 cm³/mol. The number of aliphatic carboxylic acids is 1. The fourth-order valence-corrected chi connectivity index (χ4v) is 5.03. The molecule has 0 fully saturated rings. The molecule has 0 heterocycles. The van der Waals surface area contributed by atoms with Gasteiger partial charge in [0, 0.05) is 12.8 Å². The molecule has 45 heavy (non-hydrogen) atoms. The maximum absolute atomic E-state index is 12.6. The number of carboxylic acids is 1. The topological polar surface area (TPSA) is 92.7 Å². The largest absolute Gasteiger partial charge is 0.480 e. The van der Waals surface area contributed by atoms with Crippen molar-refractivity contribution in [2.75, 3.05) is 6.54 Å². The Morgan fingerprint density at radius 2 is 1.16 bits per heavy atom. The number of nitrogens with one attached hydrogen (secondary N) is 1. The van der Waals surface area contributed by atoms with Crippen LogP contribution in [0, 0.1) is 0 Å². The van der Waals surface area contributed by atoms with E-state index in [9.17, 15) is 14.4 Å². The number of carboxylic acid groups (broad SMARTS) is 1. The maximum Gasteiger partial charge on any atom is 0.322 e. The number of carbonyl (C=O) groups is 3. The van der Waals surface area contributed by atoms with Crippen LogP contribution in [0.15, 0.2) is 48.6 Å². The van der Waals surface area contributed by atoms with Gasteiger partial charge in [-0.2, -0.15) is 0 Å². The molecule has 0 rings (SSSR count). The number of ether oxygens (including phenoxy) is 1. The zero-order valence-corrected chi connectivity index (χ0v) is 29.0. The minimum Gasteiger partial charge on any atom is -0.480 e. The van der Waals surface area contributed by atoms with Crippen LogP contribution in [-0.4, -0.2) is 35.6 Å². The summed E-state index contributed by atoms with van der Waals surface area (Å²) in [6.45, 7) is 4.07. The third kappa shape index (κ3) is 34.1. The van der Waals surface area contributed by atoms with Gasteiger partial charge in [-0.1, -0.05) is 127 Å².